The largest absolute Gasteiger partial charge is 0.462 e. The minimum absolute atomic E-state index is 0.175. The lowest BCUT2D eigenvalue weighted by Crippen LogP contribution is -2.26. The Morgan fingerprint density at radius 2 is 1.82 bits per heavy atom. The first kappa shape index (κ1) is 19.6. The number of hydrogen-bond acceptors (Lipinski definition) is 5. The molecule has 1 atom stereocenters. The zero-order valence-electron chi connectivity index (χ0n) is 15.6. The third kappa shape index (κ3) is 4.95. The van der Waals surface area contributed by atoms with Crippen LogP contribution in [0.3, 0.4) is 0 Å². The van der Waals surface area contributed by atoms with Crippen LogP contribution in [0.1, 0.15) is 40.5 Å². The van der Waals surface area contributed by atoms with Crippen LogP contribution in [0.5, 0.6) is 0 Å². The second-order valence-corrected chi connectivity index (χ2v) is 6.32. The highest BCUT2D eigenvalue weighted by Gasteiger charge is 2.23. The molecular weight excluding hydrogens is 360 g/mol. The van der Waals surface area contributed by atoms with Gasteiger partial charge in [-0.3, -0.25) is 9.59 Å². The van der Waals surface area contributed by atoms with Gasteiger partial charge in [-0.05, 0) is 62.2 Å². The van der Waals surface area contributed by atoms with Crippen molar-refractivity contribution < 1.29 is 23.9 Å². The molecular formula is C21H22N2O5. The molecule has 2 N–H and O–H groups in total. The van der Waals surface area contributed by atoms with Gasteiger partial charge in [-0.1, -0.05) is 6.07 Å². The Labute approximate surface area is 163 Å². The van der Waals surface area contributed by atoms with E-state index >= 15 is 0 Å². The maximum atomic E-state index is 12.4. The molecule has 1 heterocycles. The Morgan fingerprint density at radius 1 is 1.04 bits per heavy atom. The number of esters is 1. The number of anilines is 2. The first-order valence-corrected chi connectivity index (χ1v) is 9.18. The van der Waals surface area contributed by atoms with Gasteiger partial charge in [-0.15, -0.1) is 0 Å². The molecule has 7 nitrogen and oxygen atoms in total. The fraction of sp³-hybridized carbons (Fsp3) is 0.286. The van der Waals surface area contributed by atoms with Crippen molar-refractivity contribution in [1.82, 2.24) is 0 Å². The third-order valence-electron chi connectivity index (χ3n) is 4.27. The number of amides is 2. The van der Waals surface area contributed by atoms with Crippen molar-refractivity contribution in [2.45, 2.75) is 25.9 Å². The van der Waals surface area contributed by atoms with E-state index in [0.717, 1.165) is 12.8 Å². The van der Waals surface area contributed by atoms with Crippen LogP contribution in [0.2, 0.25) is 0 Å². The lowest BCUT2D eigenvalue weighted by Gasteiger charge is -2.11. The SMILES string of the molecule is CCOC(=O)c1cccc(NC(=O)c2ccc(NC(=O)[C@@H]3CCCO3)cc2)c1. The molecule has 28 heavy (non-hydrogen) atoms. The van der Waals surface area contributed by atoms with E-state index in [0.29, 0.717) is 29.1 Å². The smallest absolute Gasteiger partial charge is 0.338 e. The average Bonchev–Trinajstić information content (AvgIpc) is 3.24. The number of ether oxygens (including phenoxy) is 2. The van der Waals surface area contributed by atoms with Crippen LogP contribution >= 0.6 is 0 Å². The molecule has 146 valence electrons. The van der Waals surface area contributed by atoms with Gasteiger partial charge in [0.05, 0.1) is 12.2 Å². The van der Waals surface area contributed by atoms with Gasteiger partial charge in [0.1, 0.15) is 6.10 Å². The molecule has 0 saturated carbocycles. The van der Waals surface area contributed by atoms with Crippen molar-refractivity contribution >= 4 is 29.2 Å². The fourth-order valence-corrected chi connectivity index (χ4v) is 2.85. The van der Waals surface area contributed by atoms with E-state index in [2.05, 4.69) is 10.6 Å². The highest BCUT2D eigenvalue weighted by Crippen LogP contribution is 2.17. The monoisotopic (exact) mass is 382 g/mol. The maximum Gasteiger partial charge on any atom is 0.338 e. The molecule has 1 saturated heterocycles. The van der Waals surface area contributed by atoms with Crippen LogP contribution in [0.4, 0.5) is 11.4 Å². The normalized spacial score (nSPS) is 15.7. The van der Waals surface area contributed by atoms with E-state index in [-0.39, 0.29) is 18.4 Å². The summed E-state index contributed by atoms with van der Waals surface area (Å²) < 4.78 is 10.3. The summed E-state index contributed by atoms with van der Waals surface area (Å²) in [6.45, 7) is 2.62. The van der Waals surface area contributed by atoms with Gasteiger partial charge in [0.2, 0.25) is 0 Å². The summed E-state index contributed by atoms with van der Waals surface area (Å²) in [5.74, 6) is -0.937. The van der Waals surface area contributed by atoms with Crippen LogP contribution < -0.4 is 10.6 Å². The molecule has 0 radical (unpaired) electrons. The molecule has 1 fully saturated rings. The third-order valence-corrected chi connectivity index (χ3v) is 4.27. The molecule has 2 amide bonds. The molecule has 3 rings (SSSR count). The summed E-state index contributed by atoms with van der Waals surface area (Å²) in [7, 11) is 0. The van der Waals surface area contributed by atoms with E-state index in [1.807, 2.05) is 0 Å². The van der Waals surface area contributed by atoms with Crippen molar-refractivity contribution in [3.8, 4) is 0 Å². The summed E-state index contributed by atoms with van der Waals surface area (Å²) in [4.78, 5) is 36.3. The Balaban J connectivity index is 1.61. The zero-order valence-corrected chi connectivity index (χ0v) is 15.6. The quantitative estimate of drug-likeness (QED) is 0.748. The summed E-state index contributed by atoms with van der Waals surface area (Å²) in [5, 5.41) is 5.53. The topological polar surface area (TPSA) is 93.7 Å². The van der Waals surface area contributed by atoms with E-state index in [4.69, 9.17) is 9.47 Å². The van der Waals surface area contributed by atoms with Crippen LogP contribution in [0.25, 0.3) is 0 Å². The van der Waals surface area contributed by atoms with Crippen molar-refractivity contribution in [1.29, 1.82) is 0 Å². The minimum Gasteiger partial charge on any atom is -0.462 e. The summed E-state index contributed by atoms with van der Waals surface area (Å²) in [5.41, 5.74) is 1.89. The van der Waals surface area contributed by atoms with Crippen molar-refractivity contribution in [3.05, 3.63) is 59.7 Å². The predicted octanol–water partition coefficient (Wildman–Crippen LogP) is 3.23. The molecule has 7 heteroatoms. The van der Waals surface area contributed by atoms with Gasteiger partial charge >= 0.3 is 5.97 Å². The Kier molecular flexibility index (Phi) is 6.39. The molecule has 2 aromatic rings. The number of carbonyl (C=O) groups is 3. The van der Waals surface area contributed by atoms with Gasteiger partial charge in [-0.25, -0.2) is 4.79 Å². The van der Waals surface area contributed by atoms with Gasteiger partial charge in [0, 0.05) is 23.5 Å². The summed E-state index contributed by atoms with van der Waals surface area (Å²) >= 11 is 0. The number of benzene rings is 2. The van der Waals surface area contributed by atoms with Crippen molar-refractivity contribution in [3.63, 3.8) is 0 Å². The van der Waals surface area contributed by atoms with E-state index < -0.39 is 12.1 Å². The van der Waals surface area contributed by atoms with Crippen molar-refractivity contribution in [2.24, 2.45) is 0 Å². The Bertz CT molecular complexity index is 857. The minimum atomic E-state index is -0.440. The van der Waals surface area contributed by atoms with E-state index in [1.54, 1.807) is 55.5 Å². The lowest BCUT2D eigenvalue weighted by atomic mass is 10.1. The van der Waals surface area contributed by atoms with Gasteiger partial charge < -0.3 is 20.1 Å². The molecule has 0 aliphatic carbocycles. The van der Waals surface area contributed by atoms with Gasteiger partial charge in [0.25, 0.3) is 11.8 Å². The number of rotatable bonds is 6. The molecule has 2 aromatic carbocycles. The van der Waals surface area contributed by atoms with Gasteiger partial charge in [-0.2, -0.15) is 0 Å². The summed E-state index contributed by atoms with van der Waals surface area (Å²) in [6.07, 6.45) is 1.20. The summed E-state index contributed by atoms with van der Waals surface area (Å²) in [6, 6.07) is 13.1. The molecule has 0 spiro atoms. The average molecular weight is 382 g/mol. The second kappa shape index (κ2) is 9.14. The predicted molar refractivity (Wildman–Crippen MR) is 104 cm³/mol. The molecule has 0 aromatic heterocycles. The molecule has 0 unspecified atom stereocenters. The molecule has 0 bridgehead atoms. The molecule has 1 aliphatic rings. The van der Waals surface area contributed by atoms with Crippen LogP contribution in [0.15, 0.2) is 48.5 Å². The van der Waals surface area contributed by atoms with Crippen molar-refractivity contribution in [2.75, 3.05) is 23.8 Å². The first-order chi connectivity index (χ1) is 13.6. The highest BCUT2D eigenvalue weighted by atomic mass is 16.5. The van der Waals surface area contributed by atoms with E-state index in [9.17, 15) is 14.4 Å². The first-order valence-electron chi connectivity index (χ1n) is 9.18. The van der Waals surface area contributed by atoms with Gasteiger partial charge in [0.15, 0.2) is 0 Å². The number of hydrogen-bond donors (Lipinski definition) is 2. The standard InChI is InChI=1S/C21H22N2O5/c1-2-27-21(26)15-5-3-6-17(13-15)23-19(24)14-8-10-16(11-9-14)22-20(25)18-7-4-12-28-18/h3,5-6,8-11,13,18H,2,4,7,12H2,1H3,(H,22,25)(H,23,24)/t18-/m0/s1. The van der Waals surface area contributed by atoms with Crippen LogP contribution in [0, 0.1) is 0 Å². The number of nitrogens with one attached hydrogen (secondary N) is 2. The van der Waals surface area contributed by atoms with E-state index in [1.165, 1.54) is 0 Å². The Hall–Kier alpha value is -3.19. The lowest BCUT2D eigenvalue weighted by molar-refractivity contribution is -0.124. The van der Waals surface area contributed by atoms with Crippen LogP contribution in [-0.4, -0.2) is 37.1 Å². The second-order valence-electron chi connectivity index (χ2n) is 6.32. The fourth-order valence-electron chi connectivity index (χ4n) is 2.85. The number of carbonyl (C=O) groups excluding carboxylic acids is 3. The maximum absolute atomic E-state index is 12.4. The molecule has 1 aliphatic heterocycles. The Morgan fingerprint density at radius 3 is 2.50 bits per heavy atom. The van der Waals surface area contributed by atoms with Crippen LogP contribution in [-0.2, 0) is 14.3 Å². The zero-order chi connectivity index (χ0) is 19.9. The highest BCUT2D eigenvalue weighted by molar-refractivity contribution is 6.05.